The van der Waals surface area contributed by atoms with Crippen LogP contribution < -0.4 is 16.0 Å². The molecule has 7 nitrogen and oxygen atoms in total. The first kappa shape index (κ1) is 18.0. The van der Waals surface area contributed by atoms with Gasteiger partial charge in [0.2, 0.25) is 11.8 Å². The molecule has 1 atom stereocenters. The highest BCUT2D eigenvalue weighted by molar-refractivity contribution is 6.33. The maximum absolute atomic E-state index is 12.2. The van der Waals surface area contributed by atoms with Gasteiger partial charge in [0.15, 0.2) is 0 Å². The number of anilines is 1. The fourth-order valence-electron chi connectivity index (χ4n) is 2.22. The Labute approximate surface area is 145 Å². The van der Waals surface area contributed by atoms with E-state index in [-0.39, 0.29) is 18.4 Å². The SMILES string of the molecule is CNC(C(=O)NCC(=O)Nc1ccc(C)cc1Cl)c1cnn(C)c1. The number of nitrogens with one attached hydrogen (secondary N) is 3. The molecule has 2 amide bonds. The molecule has 2 aromatic rings. The number of hydrogen-bond donors (Lipinski definition) is 3. The monoisotopic (exact) mass is 349 g/mol. The van der Waals surface area contributed by atoms with Crippen LogP contribution in [0.1, 0.15) is 17.2 Å². The lowest BCUT2D eigenvalue weighted by molar-refractivity contribution is -0.125. The third-order valence-corrected chi connectivity index (χ3v) is 3.74. The molecule has 0 radical (unpaired) electrons. The first-order chi connectivity index (χ1) is 11.4. The molecule has 0 bridgehead atoms. The summed E-state index contributed by atoms with van der Waals surface area (Å²) in [5, 5.41) is 12.7. The standard InChI is InChI=1S/C16H20ClN5O2/c1-10-4-5-13(12(17)6-10)21-14(23)8-19-16(24)15(18-2)11-7-20-22(3)9-11/h4-7,9,15,18H,8H2,1-3H3,(H,19,24)(H,21,23). The minimum absolute atomic E-state index is 0.151. The molecule has 0 aliphatic heterocycles. The van der Waals surface area contributed by atoms with Crippen molar-refractivity contribution in [3.8, 4) is 0 Å². The lowest BCUT2D eigenvalue weighted by Crippen LogP contribution is -2.39. The van der Waals surface area contributed by atoms with Crippen molar-refractivity contribution in [2.45, 2.75) is 13.0 Å². The Morgan fingerprint density at radius 3 is 2.71 bits per heavy atom. The summed E-state index contributed by atoms with van der Waals surface area (Å²) in [7, 11) is 3.44. The highest BCUT2D eigenvalue weighted by Gasteiger charge is 2.20. The second-order valence-electron chi connectivity index (χ2n) is 5.42. The summed E-state index contributed by atoms with van der Waals surface area (Å²) in [5.41, 5.74) is 2.23. The number of hydrogen-bond acceptors (Lipinski definition) is 4. The summed E-state index contributed by atoms with van der Waals surface area (Å²) in [5.74, 6) is -0.661. The normalized spacial score (nSPS) is 11.8. The van der Waals surface area contributed by atoms with Crippen LogP contribution in [0.15, 0.2) is 30.6 Å². The second-order valence-corrected chi connectivity index (χ2v) is 5.83. The van der Waals surface area contributed by atoms with Gasteiger partial charge in [-0.3, -0.25) is 14.3 Å². The summed E-state index contributed by atoms with van der Waals surface area (Å²) in [6.45, 7) is 1.76. The van der Waals surface area contributed by atoms with E-state index in [1.807, 2.05) is 13.0 Å². The van der Waals surface area contributed by atoms with E-state index in [0.717, 1.165) is 11.1 Å². The Morgan fingerprint density at radius 2 is 2.12 bits per heavy atom. The van der Waals surface area contributed by atoms with Crippen LogP contribution in [0.4, 0.5) is 5.69 Å². The highest BCUT2D eigenvalue weighted by Crippen LogP contribution is 2.22. The Balaban J connectivity index is 1.91. The Hall–Kier alpha value is -2.38. The van der Waals surface area contributed by atoms with E-state index in [1.165, 1.54) is 0 Å². The highest BCUT2D eigenvalue weighted by atomic mass is 35.5. The average molecular weight is 350 g/mol. The van der Waals surface area contributed by atoms with Gasteiger partial charge in [-0.2, -0.15) is 5.10 Å². The molecule has 0 aliphatic carbocycles. The number of carbonyl (C=O) groups is 2. The number of amides is 2. The molecule has 0 spiro atoms. The number of halogens is 1. The number of likely N-dealkylation sites (N-methyl/N-ethyl adjacent to an activating group) is 1. The summed E-state index contributed by atoms with van der Waals surface area (Å²) >= 11 is 6.07. The quantitative estimate of drug-likeness (QED) is 0.735. The molecule has 1 aromatic carbocycles. The maximum atomic E-state index is 12.2. The van der Waals surface area contributed by atoms with E-state index in [9.17, 15) is 9.59 Å². The van der Waals surface area contributed by atoms with E-state index >= 15 is 0 Å². The molecule has 3 N–H and O–H groups in total. The van der Waals surface area contributed by atoms with Crippen molar-refractivity contribution in [3.05, 3.63) is 46.7 Å². The van der Waals surface area contributed by atoms with Gasteiger partial charge >= 0.3 is 0 Å². The van der Waals surface area contributed by atoms with Crippen LogP contribution in [-0.2, 0) is 16.6 Å². The molecule has 1 aromatic heterocycles. The van der Waals surface area contributed by atoms with E-state index in [0.29, 0.717) is 10.7 Å². The summed E-state index contributed by atoms with van der Waals surface area (Å²) < 4.78 is 1.61. The molecular weight excluding hydrogens is 330 g/mol. The number of nitrogens with zero attached hydrogens (tertiary/aromatic N) is 2. The smallest absolute Gasteiger partial charge is 0.243 e. The lowest BCUT2D eigenvalue weighted by Gasteiger charge is -2.14. The molecular formula is C16H20ClN5O2. The third-order valence-electron chi connectivity index (χ3n) is 3.43. The number of rotatable bonds is 6. The zero-order valence-corrected chi connectivity index (χ0v) is 14.5. The molecule has 8 heteroatoms. The van der Waals surface area contributed by atoms with Crippen LogP contribution in [0, 0.1) is 6.92 Å². The Morgan fingerprint density at radius 1 is 1.38 bits per heavy atom. The number of benzene rings is 1. The van der Waals surface area contributed by atoms with Gasteiger partial charge in [0.25, 0.3) is 0 Å². The van der Waals surface area contributed by atoms with Crippen molar-refractivity contribution >= 4 is 29.1 Å². The fourth-order valence-corrected chi connectivity index (χ4v) is 2.51. The van der Waals surface area contributed by atoms with Crippen LogP contribution in [-0.4, -0.2) is 35.2 Å². The molecule has 0 fully saturated rings. The van der Waals surface area contributed by atoms with E-state index in [4.69, 9.17) is 11.6 Å². The van der Waals surface area contributed by atoms with Crippen molar-refractivity contribution in [1.29, 1.82) is 0 Å². The van der Waals surface area contributed by atoms with Gasteiger partial charge in [-0.1, -0.05) is 17.7 Å². The van der Waals surface area contributed by atoms with E-state index < -0.39 is 6.04 Å². The van der Waals surface area contributed by atoms with Crippen LogP contribution in [0.3, 0.4) is 0 Å². The zero-order valence-electron chi connectivity index (χ0n) is 13.8. The molecule has 24 heavy (non-hydrogen) atoms. The topological polar surface area (TPSA) is 88.1 Å². The molecule has 2 rings (SSSR count). The van der Waals surface area contributed by atoms with Gasteiger partial charge in [0.1, 0.15) is 6.04 Å². The Kier molecular flexibility index (Phi) is 5.94. The van der Waals surface area contributed by atoms with Crippen LogP contribution in [0.25, 0.3) is 0 Å². The number of carbonyl (C=O) groups excluding carboxylic acids is 2. The minimum Gasteiger partial charge on any atom is -0.345 e. The molecule has 0 saturated heterocycles. The molecule has 0 saturated carbocycles. The molecule has 0 aliphatic rings. The van der Waals surface area contributed by atoms with E-state index in [2.05, 4.69) is 21.0 Å². The van der Waals surface area contributed by atoms with Crippen LogP contribution in [0.2, 0.25) is 5.02 Å². The first-order valence-electron chi connectivity index (χ1n) is 7.40. The molecule has 1 unspecified atom stereocenters. The molecule has 128 valence electrons. The minimum atomic E-state index is -0.575. The van der Waals surface area contributed by atoms with Crippen LogP contribution >= 0.6 is 11.6 Å². The summed E-state index contributed by atoms with van der Waals surface area (Å²) in [4.78, 5) is 24.2. The number of aryl methyl sites for hydroxylation is 2. The van der Waals surface area contributed by atoms with Gasteiger partial charge in [0, 0.05) is 18.8 Å². The van der Waals surface area contributed by atoms with Crippen molar-refractivity contribution in [1.82, 2.24) is 20.4 Å². The first-order valence-corrected chi connectivity index (χ1v) is 7.78. The van der Waals surface area contributed by atoms with Gasteiger partial charge in [0.05, 0.1) is 23.5 Å². The van der Waals surface area contributed by atoms with Crippen LogP contribution in [0.5, 0.6) is 0 Å². The second kappa shape index (κ2) is 7.94. The third kappa shape index (κ3) is 4.56. The van der Waals surface area contributed by atoms with Gasteiger partial charge < -0.3 is 16.0 Å². The summed E-state index contributed by atoms with van der Waals surface area (Å²) in [6, 6.07) is 4.76. The van der Waals surface area contributed by atoms with Crippen molar-refractivity contribution in [2.24, 2.45) is 7.05 Å². The van der Waals surface area contributed by atoms with Crippen molar-refractivity contribution in [2.75, 3.05) is 18.9 Å². The van der Waals surface area contributed by atoms with Gasteiger partial charge in [-0.15, -0.1) is 0 Å². The fraction of sp³-hybridized carbons (Fsp3) is 0.312. The average Bonchev–Trinajstić information content (AvgIpc) is 2.95. The van der Waals surface area contributed by atoms with Crippen molar-refractivity contribution in [3.63, 3.8) is 0 Å². The van der Waals surface area contributed by atoms with Gasteiger partial charge in [-0.05, 0) is 31.7 Å². The van der Waals surface area contributed by atoms with E-state index in [1.54, 1.807) is 43.3 Å². The predicted octanol–water partition coefficient (Wildman–Crippen LogP) is 1.40. The lowest BCUT2D eigenvalue weighted by atomic mass is 10.1. The van der Waals surface area contributed by atoms with Gasteiger partial charge in [-0.25, -0.2) is 0 Å². The Bertz CT molecular complexity index is 744. The van der Waals surface area contributed by atoms with Crippen molar-refractivity contribution < 1.29 is 9.59 Å². The molecule has 1 heterocycles. The zero-order chi connectivity index (χ0) is 17.7. The summed E-state index contributed by atoms with van der Waals surface area (Å²) in [6.07, 6.45) is 3.35. The maximum Gasteiger partial charge on any atom is 0.243 e. The number of aromatic nitrogens is 2. The largest absolute Gasteiger partial charge is 0.345 e. The predicted molar refractivity (Wildman–Crippen MR) is 92.8 cm³/mol.